The minimum absolute atomic E-state index is 0.0372. The number of benzene rings is 1. The summed E-state index contributed by atoms with van der Waals surface area (Å²) in [6.07, 6.45) is 1.67. The highest BCUT2D eigenvalue weighted by Gasteiger charge is 2.18. The molecule has 0 amide bonds. The van der Waals surface area contributed by atoms with E-state index >= 15 is 0 Å². The molecule has 4 nitrogen and oxygen atoms in total. The number of nitriles is 1. The Balaban J connectivity index is 2.48. The molecule has 0 saturated carbocycles. The third kappa shape index (κ3) is 5.50. The molecule has 0 aliphatic rings. The average Bonchev–Trinajstić information content (AvgIpc) is 2.38. The van der Waals surface area contributed by atoms with Gasteiger partial charge in [-0.05, 0) is 36.5 Å². The lowest BCUT2D eigenvalue weighted by Crippen LogP contribution is -2.18. The van der Waals surface area contributed by atoms with Crippen LogP contribution in [-0.4, -0.2) is 17.6 Å². The van der Waals surface area contributed by atoms with Gasteiger partial charge >= 0.3 is 5.97 Å². The molecule has 0 aliphatic carbocycles. The lowest BCUT2D eigenvalue weighted by Gasteiger charge is -2.24. The van der Waals surface area contributed by atoms with Crippen LogP contribution in [0.4, 0.5) is 5.69 Å². The maximum absolute atomic E-state index is 10.6. The number of nitrogens with zero attached hydrogens (tertiary/aromatic N) is 1. The van der Waals surface area contributed by atoms with Gasteiger partial charge in [-0.1, -0.05) is 25.4 Å². The Labute approximate surface area is 124 Å². The molecule has 0 unspecified atom stereocenters. The summed E-state index contributed by atoms with van der Waals surface area (Å²) in [5.74, 6) is -0.763. The van der Waals surface area contributed by atoms with Crippen LogP contribution in [0.5, 0.6) is 0 Å². The van der Waals surface area contributed by atoms with E-state index in [1.165, 1.54) is 0 Å². The Bertz CT molecular complexity index is 521. The van der Waals surface area contributed by atoms with Gasteiger partial charge in [-0.3, -0.25) is 4.79 Å². The zero-order chi connectivity index (χ0) is 15.2. The van der Waals surface area contributed by atoms with Gasteiger partial charge in [0.25, 0.3) is 0 Å². The van der Waals surface area contributed by atoms with Gasteiger partial charge in [-0.2, -0.15) is 5.26 Å². The van der Waals surface area contributed by atoms with Crippen molar-refractivity contribution in [3.8, 4) is 6.07 Å². The van der Waals surface area contributed by atoms with E-state index in [-0.39, 0.29) is 11.8 Å². The predicted octanol–water partition coefficient (Wildman–Crippen LogP) is 3.90. The maximum atomic E-state index is 10.6. The zero-order valence-electron chi connectivity index (χ0n) is 11.7. The molecule has 0 aromatic heterocycles. The molecule has 0 spiro atoms. The molecule has 108 valence electrons. The molecule has 0 saturated heterocycles. The van der Waals surface area contributed by atoms with Crippen molar-refractivity contribution < 1.29 is 9.90 Å². The van der Waals surface area contributed by atoms with E-state index in [9.17, 15) is 4.79 Å². The van der Waals surface area contributed by atoms with Crippen molar-refractivity contribution in [3.05, 3.63) is 28.8 Å². The third-order valence-corrected chi connectivity index (χ3v) is 3.54. The normalized spacial score (nSPS) is 10.9. The number of aliphatic carboxylic acids is 1. The number of carboxylic acids is 1. The summed E-state index contributed by atoms with van der Waals surface area (Å²) in [6.45, 7) is 4.81. The summed E-state index contributed by atoms with van der Waals surface area (Å²) < 4.78 is 0. The molecule has 0 bridgehead atoms. The fourth-order valence-electron chi connectivity index (χ4n) is 1.83. The summed E-state index contributed by atoms with van der Waals surface area (Å²) >= 11 is 6.07. The van der Waals surface area contributed by atoms with Gasteiger partial charge < -0.3 is 10.4 Å². The summed E-state index contributed by atoms with van der Waals surface area (Å²) in [5.41, 5.74) is 1.28. The van der Waals surface area contributed by atoms with Gasteiger partial charge in [0.05, 0.1) is 22.3 Å². The topological polar surface area (TPSA) is 73.1 Å². The first-order valence-electron chi connectivity index (χ1n) is 6.49. The van der Waals surface area contributed by atoms with Crippen LogP contribution in [0.15, 0.2) is 18.2 Å². The molecule has 5 heteroatoms. The standard InChI is InChI=1S/C15H19ClN2O2/c1-15(2,6-5-14(19)20)7-8-18-13-4-3-11(10-17)9-12(13)16/h3-4,9,18H,5-8H2,1-2H3,(H,19,20). The summed E-state index contributed by atoms with van der Waals surface area (Å²) in [6, 6.07) is 7.15. The summed E-state index contributed by atoms with van der Waals surface area (Å²) in [7, 11) is 0. The predicted molar refractivity (Wildman–Crippen MR) is 79.9 cm³/mol. The SMILES string of the molecule is CC(C)(CCNc1ccc(C#N)cc1Cl)CCC(=O)O. The largest absolute Gasteiger partial charge is 0.481 e. The van der Waals surface area contributed by atoms with Crippen LogP contribution in [0.25, 0.3) is 0 Å². The number of hydrogen-bond donors (Lipinski definition) is 2. The van der Waals surface area contributed by atoms with Crippen molar-refractivity contribution >= 4 is 23.3 Å². The molecule has 1 rings (SSSR count). The highest BCUT2D eigenvalue weighted by Crippen LogP contribution is 2.28. The molecule has 0 aliphatic heterocycles. The minimum Gasteiger partial charge on any atom is -0.481 e. The number of halogens is 1. The molecule has 0 fully saturated rings. The molecule has 0 radical (unpaired) electrons. The molecule has 0 atom stereocenters. The van der Waals surface area contributed by atoms with E-state index in [0.717, 1.165) is 12.1 Å². The minimum atomic E-state index is -0.763. The Morgan fingerprint density at radius 1 is 1.45 bits per heavy atom. The van der Waals surface area contributed by atoms with E-state index in [0.29, 0.717) is 23.6 Å². The quantitative estimate of drug-likeness (QED) is 0.800. The first-order chi connectivity index (χ1) is 9.34. The van der Waals surface area contributed by atoms with Crippen LogP contribution in [-0.2, 0) is 4.79 Å². The number of carbonyl (C=O) groups is 1. The van der Waals surface area contributed by atoms with Crippen LogP contribution < -0.4 is 5.32 Å². The molecule has 2 N–H and O–H groups in total. The molecular formula is C15H19ClN2O2. The third-order valence-electron chi connectivity index (χ3n) is 3.23. The number of rotatable bonds is 7. The number of anilines is 1. The van der Waals surface area contributed by atoms with Crippen molar-refractivity contribution in [2.45, 2.75) is 33.1 Å². The molecular weight excluding hydrogens is 276 g/mol. The van der Waals surface area contributed by atoms with Crippen LogP contribution in [0.3, 0.4) is 0 Å². The zero-order valence-corrected chi connectivity index (χ0v) is 12.5. The van der Waals surface area contributed by atoms with E-state index in [2.05, 4.69) is 19.2 Å². The second-order valence-electron chi connectivity index (χ2n) is 5.54. The fraction of sp³-hybridized carbons (Fsp3) is 0.467. The highest BCUT2D eigenvalue weighted by molar-refractivity contribution is 6.33. The Morgan fingerprint density at radius 2 is 2.15 bits per heavy atom. The second kappa shape index (κ2) is 7.16. The number of carboxylic acid groups (broad SMARTS) is 1. The van der Waals surface area contributed by atoms with Crippen LogP contribution >= 0.6 is 11.6 Å². The van der Waals surface area contributed by atoms with E-state index in [1.807, 2.05) is 6.07 Å². The average molecular weight is 295 g/mol. The smallest absolute Gasteiger partial charge is 0.303 e. The van der Waals surface area contributed by atoms with E-state index in [1.54, 1.807) is 18.2 Å². The molecule has 1 aromatic rings. The van der Waals surface area contributed by atoms with E-state index < -0.39 is 5.97 Å². The maximum Gasteiger partial charge on any atom is 0.303 e. The monoisotopic (exact) mass is 294 g/mol. The van der Waals surface area contributed by atoms with Gasteiger partial charge in [0.15, 0.2) is 0 Å². The van der Waals surface area contributed by atoms with Crippen molar-refractivity contribution in [3.63, 3.8) is 0 Å². The van der Waals surface area contributed by atoms with Crippen LogP contribution in [0.2, 0.25) is 5.02 Å². The molecule has 1 aromatic carbocycles. The lowest BCUT2D eigenvalue weighted by atomic mass is 9.84. The van der Waals surface area contributed by atoms with Crippen LogP contribution in [0.1, 0.15) is 38.7 Å². The van der Waals surface area contributed by atoms with E-state index in [4.69, 9.17) is 22.0 Å². The Kier molecular flexibility index (Phi) is 5.84. The van der Waals surface area contributed by atoms with Crippen molar-refractivity contribution in [1.29, 1.82) is 5.26 Å². The van der Waals surface area contributed by atoms with Gasteiger partial charge in [0.2, 0.25) is 0 Å². The van der Waals surface area contributed by atoms with Gasteiger partial charge in [0.1, 0.15) is 0 Å². The lowest BCUT2D eigenvalue weighted by molar-refractivity contribution is -0.137. The number of hydrogen-bond acceptors (Lipinski definition) is 3. The fourth-order valence-corrected chi connectivity index (χ4v) is 2.08. The van der Waals surface area contributed by atoms with Gasteiger partial charge in [-0.25, -0.2) is 0 Å². The van der Waals surface area contributed by atoms with Gasteiger partial charge in [-0.15, -0.1) is 0 Å². The van der Waals surface area contributed by atoms with Gasteiger partial charge in [0, 0.05) is 13.0 Å². The van der Waals surface area contributed by atoms with Crippen molar-refractivity contribution in [1.82, 2.24) is 0 Å². The molecule has 20 heavy (non-hydrogen) atoms. The highest BCUT2D eigenvalue weighted by atomic mass is 35.5. The Hall–Kier alpha value is -1.73. The molecule has 0 heterocycles. The summed E-state index contributed by atoms with van der Waals surface area (Å²) in [5, 5.41) is 21.2. The van der Waals surface area contributed by atoms with Crippen molar-refractivity contribution in [2.24, 2.45) is 5.41 Å². The summed E-state index contributed by atoms with van der Waals surface area (Å²) in [4.78, 5) is 10.6. The first kappa shape index (κ1) is 16.3. The Morgan fingerprint density at radius 3 is 2.70 bits per heavy atom. The van der Waals surface area contributed by atoms with Crippen LogP contribution in [0, 0.1) is 16.7 Å². The second-order valence-corrected chi connectivity index (χ2v) is 5.95. The van der Waals surface area contributed by atoms with Crippen molar-refractivity contribution in [2.75, 3.05) is 11.9 Å². The first-order valence-corrected chi connectivity index (χ1v) is 6.87. The number of nitrogens with one attached hydrogen (secondary N) is 1.